The van der Waals surface area contributed by atoms with Gasteiger partial charge < -0.3 is 0 Å². The van der Waals surface area contributed by atoms with Crippen LogP contribution in [-0.2, 0) is 0 Å². The fourth-order valence-electron chi connectivity index (χ4n) is 11.3. The van der Waals surface area contributed by atoms with Crippen LogP contribution in [-0.4, -0.2) is 0 Å². The zero-order chi connectivity index (χ0) is 46.1. The van der Waals surface area contributed by atoms with Gasteiger partial charge in [0.2, 0.25) is 0 Å². The highest BCUT2D eigenvalue weighted by molar-refractivity contribution is 6.20. The Kier molecular flexibility index (Phi) is 9.32. The van der Waals surface area contributed by atoms with E-state index in [-0.39, 0.29) is 0 Å². The molecule has 70 heavy (non-hydrogen) atoms. The van der Waals surface area contributed by atoms with Gasteiger partial charge in [0, 0.05) is 0 Å². The first-order valence-electron chi connectivity index (χ1n) is 24.3. The molecule has 0 N–H and O–H groups in total. The Morgan fingerprint density at radius 3 is 1.19 bits per heavy atom. The van der Waals surface area contributed by atoms with Gasteiger partial charge >= 0.3 is 0 Å². The lowest BCUT2D eigenvalue weighted by atomic mass is 9.84. The minimum atomic E-state index is 1.19. The summed E-state index contributed by atoms with van der Waals surface area (Å²) >= 11 is 0. The fraction of sp³-hybridized carbons (Fsp3) is 0. The van der Waals surface area contributed by atoms with Gasteiger partial charge in [-0.1, -0.05) is 224 Å². The molecule has 14 rings (SSSR count). The first kappa shape index (κ1) is 40.0. The molecule has 0 unspecified atom stereocenters. The highest BCUT2D eigenvalue weighted by atomic mass is 14.2. The molecule has 324 valence electrons. The summed E-state index contributed by atoms with van der Waals surface area (Å²) in [6.45, 7) is 0. The van der Waals surface area contributed by atoms with Crippen LogP contribution in [0.5, 0.6) is 0 Å². The lowest BCUT2D eigenvalue weighted by molar-refractivity contribution is 1.60. The maximum absolute atomic E-state index is 2.44. The molecule has 0 bridgehead atoms. The second kappa shape index (κ2) is 16.3. The Bertz CT molecular complexity index is 4420. The summed E-state index contributed by atoms with van der Waals surface area (Å²) in [6, 6.07) is 99.2. The topological polar surface area (TPSA) is 0 Å². The van der Waals surface area contributed by atoms with E-state index in [4.69, 9.17) is 0 Å². The second-order valence-electron chi connectivity index (χ2n) is 18.8. The molecule has 0 heterocycles. The van der Waals surface area contributed by atoms with Crippen molar-refractivity contribution in [1.82, 2.24) is 0 Å². The Morgan fingerprint density at radius 1 is 0.157 bits per heavy atom. The van der Waals surface area contributed by atoms with Gasteiger partial charge in [0.25, 0.3) is 0 Å². The van der Waals surface area contributed by atoms with Crippen LogP contribution in [0.25, 0.3) is 142 Å². The lowest BCUT2D eigenvalue weighted by Crippen LogP contribution is -1.92. The number of fused-ring (bicyclic) bond motifs is 9. The highest BCUT2D eigenvalue weighted by Gasteiger charge is 2.19. The van der Waals surface area contributed by atoms with Crippen LogP contribution in [0, 0.1) is 0 Å². The molecule has 0 saturated carbocycles. The van der Waals surface area contributed by atoms with Crippen molar-refractivity contribution in [3.8, 4) is 66.8 Å². The zero-order valence-electron chi connectivity index (χ0n) is 38.4. The van der Waals surface area contributed by atoms with E-state index in [1.807, 2.05) is 0 Å². The van der Waals surface area contributed by atoms with E-state index in [2.05, 4.69) is 267 Å². The quantitative estimate of drug-likeness (QED) is 0.115. The van der Waals surface area contributed by atoms with Crippen molar-refractivity contribution in [2.75, 3.05) is 0 Å². The van der Waals surface area contributed by atoms with Gasteiger partial charge in [-0.05, 0) is 185 Å². The Balaban J connectivity index is 0.952. The monoisotopic (exact) mass is 884 g/mol. The number of benzene rings is 14. The minimum absolute atomic E-state index is 1.19. The van der Waals surface area contributed by atoms with Gasteiger partial charge in [0.05, 0.1) is 0 Å². The fourth-order valence-corrected chi connectivity index (χ4v) is 11.3. The van der Waals surface area contributed by atoms with Crippen LogP contribution in [0.4, 0.5) is 0 Å². The molecule has 0 aliphatic rings. The SMILES string of the molecule is c1cc(-c2ccc3c(ccc4ccccc43)c2)cc(-c2cccc3c(-c4cccc(-c5ccc6ccccc6c5)c4)c4c(-c5cccc(-c6ccc7c(ccc8ccccc87)c6)c5)cccc4cc23)c1. The minimum Gasteiger partial charge on any atom is -0.0616 e. The van der Waals surface area contributed by atoms with Crippen molar-refractivity contribution >= 4 is 75.4 Å². The maximum Gasteiger partial charge on any atom is -0.00201 e. The normalized spacial score (nSPS) is 11.7. The van der Waals surface area contributed by atoms with E-state index >= 15 is 0 Å². The average molecular weight is 885 g/mol. The third-order valence-electron chi connectivity index (χ3n) is 14.8. The van der Waals surface area contributed by atoms with Gasteiger partial charge in [-0.3, -0.25) is 0 Å². The van der Waals surface area contributed by atoms with Crippen molar-refractivity contribution in [2.45, 2.75) is 0 Å². The zero-order valence-corrected chi connectivity index (χ0v) is 38.4. The van der Waals surface area contributed by atoms with Crippen LogP contribution in [0.1, 0.15) is 0 Å². The molecule has 14 aromatic rings. The summed E-state index contributed by atoms with van der Waals surface area (Å²) in [7, 11) is 0. The third kappa shape index (κ3) is 6.76. The molecule has 0 aromatic heterocycles. The van der Waals surface area contributed by atoms with Crippen LogP contribution in [0.3, 0.4) is 0 Å². The molecule has 14 aromatic carbocycles. The Hall–Kier alpha value is -9.10. The molecule has 0 fully saturated rings. The molecular weight excluding hydrogens is 841 g/mol. The largest absolute Gasteiger partial charge is 0.0616 e. The van der Waals surface area contributed by atoms with Crippen molar-refractivity contribution < 1.29 is 0 Å². The molecule has 0 aliphatic heterocycles. The molecule has 0 atom stereocenters. The number of hydrogen-bond donors (Lipinski definition) is 0. The summed E-state index contributed by atoms with van der Waals surface area (Å²) in [6.07, 6.45) is 0. The van der Waals surface area contributed by atoms with Crippen LogP contribution < -0.4 is 0 Å². The molecule has 0 amide bonds. The molecule has 0 nitrogen and oxygen atoms in total. The first-order valence-corrected chi connectivity index (χ1v) is 24.3. The van der Waals surface area contributed by atoms with Crippen molar-refractivity contribution in [1.29, 1.82) is 0 Å². The Labute approximate surface area is 407 Å². The first-order chi connectivity index (χ1) is 34.7. The molecule has 0 radical (unpaired) electrons. The molecule has 0 heteroatoms. The maximum atomic E-state index is 2.44. The number of rotatable bonds is 6. The van der Waals surface area contributed by atoms with Gasteiger partial charge in [-0.2, -0.15) is 0 Å². The van der Waals surface area contributed by atoms with E-state index in [1.165, 1.54) is 142 Å². The van der Waals surface area contributed by atoms with Crippen molar-refractivity contribution in [3.05, 3.63) is 267 Å². The molecule has 0 spiro atoms. The summed E-state index contributed by atoms with van der Waals surface area (Å²) in [5, 5.41) is 17.6. The van der Waals surface area contributed by atoms with E-state index in [9.17, 15) is 0 Å². The predicted molar refractivity (Wildman–Crippen MR) is 302 cm³/mol. The van der Waals surface area contributed by atoms with Crippen LogP contribution in [0.15, 0.2) is 267 Å². The molecular formula is C70H44. The van der Waals surface area contributed by atoms with Gasteiger partial charge in [-0.25, -0.2) is 0 Å². The summed E-state index contributed by atoms with van der Waals surface area (Å²) in [5.74, 6) is 0. The molecule has 0 aliphatic carbocycles. The summed E-state index contributed by atoms with van der Waals surface area (Å²) in [4.78, 5) is 0. The van der Waals surface area contributed by atoms with Gasteiger partial charge in [0.1, 0.15) is 0 Å². The average Bonchev–Trinajstić information content (AvgIpc) is 3.43. The van der Waals surface area contributed by atoms with Crippen LogP contribution >= 0.6 is 0 Å². The highest BCUT2D eigenvalue weighted by Crippen LogP contribution is 2.46. The van der Waals surface area contributed by atoms with E-state index < -0.39 is 0 Å². The van der Waals surface area contributed by atoms with E-state index in [0.717, 1.165) is 0 Å². The summed E-state index contributed by atoms with van der Waals surface area (Å²) in [5.41, 5.74) is 14.5. The van der Waals surface area contributed by atoms with Crippen molar-refractivity contribution in [2.24, 2.45) is 0 Å². The smallest absolute Gasteiger partial charge is 0.00201 e. The van der Waals surface area contributed by atoms with Crippen LogP contribution in [0.2, 0.25) is 0 Å². The predicted octanol–water partition coefficient (Wildman–Crippen LogP) is 19.8. The van der Waals surface area contributed by atoms with E-state index in [1.54, 1.807) is 0 Å². The Morgan fingerprint density at radius 2 is 0.543 bits per heavy atom. The third-order valence-corrected chi connectivity index (χ3v) is 14.8. The lowest BCUT2D eigenvalue weighted by Gasteiger charge is -2.19. The standard InChI is InChI=1S/C70H44/c1-2-15-48-38-52(31-28-45(48)12-1)51-18-9-21-59(43-51)70-67-27-11-25-63(55-19-7-16-49(39-55)53-34-36-64-57(41-53)32-29-46-13-3-5-23-61(46)64)68(67)44-60-22-10-26-66(69(60)70)56-20-8-17-50(40-56)54-35-37-65-58(42-54)33-30-47-14-4-6-24-62(47)65/h1-44H. The number of hydrogen-bond acceptors (Lipinski definition) is 0. The molecule has 0 saturated heterocycles. The van der Waals surface area contributed by atoms with Gasteiger partial charge in [-0.15, -0.1) is 0 Å². The van der Waals surface area contributed by atoms with Gasteiger partial charge in [0.15, 0.2) is 0 Å². The van der Waals surface area contributed by atoms with Crippen molar-refractivity contribution in [3.63, 3.8) is 0 Å². The second-order valence-corrected chi connectivity index (χ2v) is 18.8. The van der Waals surface area contributed by atoms with E-state index in [0.29, 0.717) is 0 Å². The summed E-state index contributed by atoms with van der Waals surface area (Å²) < 4.78 is 0.